The number of ether oxygens (including phenoxy) is 1. The van der Waals surface area contributed by atoms with Crippen molar-refractivity contribution in [2.45, 2.75) is 25.8 Å². The number of nitrogens with one attached hydrogen (secondary N) is 2. The topological polar surface area (TPSA) is 73.9 Å². The summed E-state index contributed by atoms with van der Waals surface area (Å²) in [5.41, 5.74) is 3.92. The summed E-state index contributed by atoms with van der Waals surface area (Å²) in [6, 6.07) is 35.5. The number of para-hydroxylation sites is 2. The average molecular weight is 607 g/mol. The van der Waals surface area contributed by atoms with Crippen molar-refractivity contribution in [3.63, 3.8) is 0 Å². The molecule has 0 radical (unpaired) electrons. The van der Waals surface area contributed by atoms with E-state index in [0.29, 0.717) is 42.3 Å². The standard InChI is InChI=1S/C36H38N4O3S/c1-2-3-26-43-32-21-13-11-19-30(32)34(41)38-36(44)37-31-20-12-10-18-29(31)35(42)40-24-22-39(23-25-40)33(27-14-6-4-7-15-27)28-16-8-5-9-17-28/h4-21,33H,2-3,22-26H2,1H3,(H2,37,38,41,44). The van der Waals surface area contributed by atoms with Crippen LogP contribution in [0.15, 0.2) is 109 Å². The van der Waals surface area contributed by atoms with Gasteiger partial charge in [0.1, 0.15) is 5.75 Å². The first kappa shape index (κ1) is 30.9. The Balaban J connectivity index is 1.23. The van der Waals surface area contributed by atoms with Crippen molar-refractivity contribution in [2.75, 3.05) is 38.1 Å². The monoisotopic (exact) mass is 606 g/mol. The second kappa shape index (κ2) is 15.3. The van der Waals surface area contributed by atoms with Crippen molar-refractivity contribution >= 4 is 34.8 Å². The fourth-order valence-corrected chi connectivity index (χ4v) is 5.65. The van der Waals surface area contributed by atoms with E-state index in [1.807, 2.05) is 35.2 Å². The smallest absolute Gasteiger partial charge is 0.261 e. The molecule has 5 rings (SSSR count). The van der Waals surface area contributed by atoms with Crippen LogP contribution in [0.4, 0.5) is 5.69 Å². The lowest BCUT2D eigenvalue weighted by Gasteiger charge is -2.40. The van der Waals surface area contributed by atoms with Gasteiger partial charge in [0.05, 0.1) is 29.5 Å². The summed E-state index contributed by atoms with van der Waals surface area (Å²) in [6.45, 7) is 5.29. The van der Waals surface area contributed by atoms with E-state index in [-0.39, 0.29) is 23.0 Å². The molecule has 4 aromatic rings. The normalized spacial score (nSPS) is 13.4. The highest BCUT2D eigenvalue weighted by Gasteiger charge is 2.29. The van der Waals surface area contributed by atoms with E-state index >= 15 is 0 Å². The van der Waals surface area contributed by atoms with E-state index < -0.39 is 0 Å². The molecule has 44 heavy (non-hydrogen) atoms. The van der Waals surface area contributed by atoms with Crippen molar-refractivity contribution in [1.82, 2.24) is 15.1 Å². The maximum absolute atomic E-state index is 13.8. The molecule has 0 aromatic heterocycles. The lowest BCUT2D eigenvalue weighted by atomic mass is 9.96. The summed E-state index contributed by atoms with van der Waals surface area (Å²) < 4.78 is 5.81. The van der Waals surface area contributed by atoms with Crippen LogP contribution in [-0.2, 0) is 0 Å². The molecule has 0 unspecified atom stereocenters. The number of hydrogen-bond donors (Lipinski definition) is 2. The third kappa shape index (κ3) is 7.70. The van der Waals surface area contributed by atoms with Crippen LogP contribution in [0.5, 0.6) is 5.75 Å². The van der Waals surface area contributed by atoms with Crippen molar-refractivity contribution < 1.29 is 14.3 Å². The Kier molecular flexibility index (Phi) is 10.7. The number of carbonyl (C=O) groups is 2. The minimum Gasteiger partial charge on any atom is -0.493 e. The van der Waals surface area contributed by atoms with Gasteiger partial charge < -0.3 is 15.0 Å². The van der Waals surface area contributed by atoms with Gasteiger partial charge in [0.25, 0.3) is 11.8 Å². The van der Waals surface area contributed by atoms with Crippen LogP contribution in [0.1, 0.15) is 57.7 Å². The maximum Gasteiger partial charge on any atom is 0.261 e. The van der Waals surface area contributed by atoms with Crippen molar-refractivity contribution in [1.29, 1.82) is 0 Å². The van der Waals surface area contributed by atoms with E-state index in [4.69, 9.17) is 17.0 Å². The quantitative estimate of drug-likeness (QED) is 0.158. The first-order chi connectivity index (χ1) is 21.5. The number of unbranched alkanes of at least 4 members (excludes halogenated alkanes) is 1. The second-order valence-corrected chi connectivity index (χ2v) is 11.1. The largest absolute Gasteiger partial charge is 0.493 e. The molecule has 1 fully saturated rings. The average Bonchev–Trinajstić information content (AvgIpc) is 3.06. The fraction of sp³-hybridized carbons (Fsp3) is 0.250. The molecule has 0 saturated carbocycles. The highest BCUT2D eigenvalue weighted by atomic mass is 32.1. The summed E-state index contributed by atoms with van der Waals surface area (Å²) in [7, 11) is 0. The van der Waals surface area contributed by atoms with E-state index in [2.05, 4.69) is 71.0 Å². The lowest BCUT2D eigenvalue weighted by molar-refractivity contribution is 0.0598. The number of thiocarbonyl (C=S) groups is 1. The Morgan fingerprint density at radius 2 is 1.34 bits per heavy atom. The molecule has 1 aliphatic heterocycles. The van der Waals surface area contributed by atoms with Gasteiger partial charge in [-0.3, -0.25) is 19.8 Å². The molecule has 1 saturated heterocycles. The number of anilines is 1. The van der Waals surface area contributed by atoms with Gasteiger partial charge in [-0.05, 0) is 54.0 Å². The number of carbonyl (C=O) groups excluding carboxylic acids is 2. The first-order valence-corrected chi connectivity index (χ1v) is 15.5. The number of hydrogen-bond acceptors (Lipinski definition) is 5. The van der Waals surface area contributed by atoms with E-state index in [1.165, 1.54) is 11.1 Å². The van der Waals surface area contributed by atoms with Crippen LogP contribution >= 0.6 is 12.2 Å². The third-order valence-electron chi connectivity index (χ3n) is 7.72. The highest BCUT2D eigenvalue weighted by Crippen LogP contribution is 2.30. The summed E-state index contributed by atoms with van der Waals surface area (Å²) in [5.74, 6) is 0.0613. The molecule has 0 spiro atoms. The molecule has 2 N–H and O–H groups in total. The zero-order valence-electron chi connectivity index (χ0n) is 24.9. The van der Waals surface area contributed by atoms with Crippen LogP contribution in [-0.4, -0.2) is 59.5 Å². The zero-order valence-corrected chi connectivity index (χ0v) is 25.8. The van der Waals surface area contributed by atoms with E-state index in [9.17, 15) is 9.59 Å². The number of nitrogens with zero attached hydrogens (tertiary/aromatic N) is 2. The van der Waals surface area contributed by atoms with Crippen LogP contribution < -0.4 is 15.4 Å². The van der Waals surface area contributed by atoms with Crippen LogP contribution in [0.2, 0.25) is 0 Å². The molecule has 226 valence electrons. The molecule has 0 bridgehead atoms. The number of piperazine rings is 1. The molecule has 1 heterocycles. The second-order valence-electron chi connectivity index (χ2n) is 10.7. The lowest BCUT2D eigenvalue weighted by Crippen LogP contribution is -2.50. The van der Waals surface area contributed by atoms with Crippen LogP contribution in [0.3, 0.4) is 0 Å². The van der Waals surface area contributed by atoms with Gasteiger partial charge in [-0.25, -0.2) is 0 Å². The first-order valence-electron chi connectivity index (χ1n) is 15.1. The van der Waals surface area contributed by atoms with Gasteiger partial charge in [0.15, 0.2) is 5.11 Å². The van der Waals surface area contributed by atoms with Gasteiger partial charge in [-0.1, -0.05) is 98.3 Å². The van der Waals surface area contributed by atoms with E-state index in [1.54, 1.807) is 30.3 Å². The predicted octanol–water partition coefficient (Wildman–Crippen LogP) is 6.54. The van der Waals surface area contributed by atoms with Gasteiger partial charge in [0, 0.05) is 26.2 Å². The van der Waals surface area contributed by atoms with Gasteiger partial charge in [-0.2, -0.15) is 0 Å². The molecule has 2 amide bonds. The molecular formula is C36H38N4O3S. The van der Waals surface area contributed by atoms with Gasteiger partial charge >= 0.3 is 0 Å². The molecule has 0 aliphatic carbocycles. The van der Waals surface area contributed by atoms with Gasteiger partial charge in [-0.15, -0.1) is 0 Å². The van der Waals surface area contributed by atoms with Crippen LogP contribution in [0.25, 0.3) is 0 Å². The number of benzene rings is 4. The zero-order chi connectivity index (χ0) is 30.7. The summed E-state index contributed by atoms with van der Waals surface area (Å²) in [5, 5.41) is 5.92. The predicted molar refractivity (Wildman–Crippen MR) is 179 cm³/mol. The molecule has 7 nitrogen and oxygen atoms in total. The van der Waals surface area contributed by atoms with E-state index in [0.717, 1.165) is 25.9 Å². The van der Waals surface area contributed by atoms with Crippen LogP contribution in [0, 0.1) is 0 Å². The Labute approximate surface area is 264 Å². The molecule has 1 aliphatic rings. The van der Waals surface area contributed by atoms with Crippen molar-refractivity contribution in [2.24, 2.45) is 0 Å². The fourth-order valence-electron chi connectivity index (χ4n) is 5.45. The van der Waals surface area contributed by atoms with Gasteiger partial charge in [0.2, 0.25) is 0 Å². The Hall–Kier alpha value is -4.53. The molecule has 0 atom stereocenters. The molecule has 4 aromatic carbocycles. The summed E-state index contributed by atoms with van der Waals surface area (Å²) in [6.07, 6.45) is 1.90. The maximum atomic E-state index is 13.8. The molecule has 8 heteroatoms. The van der Waals surface area contributed by atoms with Crippen molar-refractivity contribution in [3.05, 3.63) is 131 Å². The summed E-state index contributed by atoms with van der Waals surface area (Å²) >= 11 is 5.49. The minimum absolute atomic E-state index is 0.0764. The number of rotatable bonds is 10. The highest BCUT2D eigenvalue weighted by molar-refractivity contribution is 7.80. The summed E-state index contributed by atoms with van der Waals surface area (Å²) in [4.78, 5) is 31.1. The number of amides is 2. The Morgan fingerprint density at radius 3 is 1.98 bits per heavy atom. The third-order valence-corrected chi connectivity index (χ3v) is 7.92. The Morgan fingerprint density at radius 1 is 0.773 bits per heavy atom. The molecular weight excluding hydrogens is 568 g/mol. The SMILES string of the molecule is CCCCOc1ccccc1C(=O)NC(=S)Nc1ccccc1C(=O)N1CCN(C(c2ccccc2)c2ccccc2)CC1. The minimum atomic E-state index is -0.374. The Bertz CT molecular complexity index is 1520. The van der Waals surface area contributed by atoms with Crippen molar-refractivity contribution in [3.8, 4) is 5.75 Å².